The number of aliphatic hydroxyl groups excluding tert-OH is 1. The summed E-state index contributed by atoms with van der Waals surface area (Å²) in [4.78, 5) is 31.9. The maximum atomic E-state index is 13.2. The van der Waals surface area contributed by atoms with Gasteiger partial charge in [-0.25, -0.2) is 0 Å². The molecule has 1 atom stereocenters. The van der Waals surface area contributed by atoms with Gasteiger partial charge in [-0.15, -0.1) is 10.2 Å². The zero-order valence-corrected chi connectivity index (χ0v) is 21.3. The van der Waals surface area contributed by atoms with Gasteiger partial charge in [-0.05, 0) is 36.2 Å². The predicted octanol–water partition coefficient (Wildman–Crippen LogP) is 5.81. The van der Waals surface area contributed by atoms with Crippen LogP contribution in [0.15, 0.2) is 83.0 Å². The molecule has 10 heteroatoms. The van der Waals surface area contributed by atoms with E-state index in [0.717, 1.165) is 11.1 Å². The fourth-order valence-corrected chi connectivity index (χ4v) is 5.78. The van der Waals surface area contributed by atoms with Crippen LogP contribution in [0.25, 0.3) is 5.76 Å². The number of thioether (sulfide) groups is 1. The second-order valence-corrected chi connectivity index (χ2v) is 10.7. The van der Waals surface area contributed by atoms with Crippen LogP contribution < -0.4 is 4.90 Å². The van der Waals surface area contributed by atoms with Gasteiger partial charge in [-0.3, -0.25) is 19.5 Å². The molecule has 1 saturated heterocycles. The van der Waals surface area contributed by atoms with Crippen LogP contribution in [-0.2, 0) is 15.3 Å². The van der Waals surface area contributed by atoms with Crippen molar-refractivity contribution in [2.24, 2.45) is 0 Å². The highest BCUT2D eigenvalue weighted by molar-refractivity contribution is 8.00. The van der Waals surface area contributed by atoms with E-state index < -0.39 is 17.7 Å². The number of aromatic nitrogens is 3. The Morgan fingerprint density at radius 1 is 1.08 bits per heavy atom. The van der Waals surface area contributed by atoms with Gasteiger partial charge in [0.25, 0.3) is 5.78 Å². The molecule has 180 valence electrons. The van der Waals surface area contributed by atoms with Crippen LogP contribution in [0, 0.1) is 6.92 Å². The largest absolute Gasteiger partial charge is 0.507 e. The summed E-state index contributed by atoms with van der Waals surface area (Å²) < 4.78 is 0.644. The molecule has 2 aromatic carbocycles. The molecule has 1 fully saturated rings. The first-order chi connectivity index (χ1) is 17.4. The Labute approximate surface area is 220 Å². The van der Waals surface area contributed by atoms with E-state index in [-0.39, 0.29) is 16.5 Å². The molecule has 1 aliphatic rings. The van der Waals surface area contributed by atoms with Crippen molar-refractivity contribution >= 4 is 57.3 Å². The van der Waals surface area contributed by atoms with Crippen LogP contribution in [0.3, 0.4) is 0 Å². The SMILES string of the molecule is Cc1ccc(/C(O)=C2/C(=O)C(=O)N(c3nnc(SCc4ccc(Cl)cc4)s3)C2c2cccnc2)cc1. The smallest absolute Gasteiger partial charge is 0.301 e. The molecule has 0 spiro atoms. The lowest BCUT2D eigenvalue weighted by Gasteiger charge is -2.22. The Kier molecular flexibility index (Phi) is 6.86. The first-order valence-corrected chi connectivity index (χ1v) is 13.1. The zero-order chi connectivity index (χ0) is 25.2. The van der Waals surface area contributed by atoms with Crippen molar-refractivity contribution in [3.63, 3.8) is 0 Å². The molecule has 3 heterocycles. The lowest BCUT2D eigenvalue weighted by molar-refractivity contribution is -0.132. The molecule has 36 heavy (non-hydrogen) atoms. The number of amides is 1. The molecule has 0 saturated carbocycles. The van der Waals surface area contributed by atoms with Gasteiger partial charge in [0.15, 0.2) is 4.34 Å². The number of aliphatic hydroxyl groups is 1. The lowest BCUT2D eigenvalue weighted by atomic mass is 9.96. The maximum Gasteiger partial charge on any atom is 0.301 e. The van der Waals surface area contributed by atoms with Crippen molar-refractivity contribution in [2.75, 3.05) is 4.90 Å². The number of rotatable bonds is 6. The first-order valence-electron chi connectivity index (χ1n) is 10.9. The van der Waals surface area contributed by atoms with E-state index in [1.54, 1.807) is 36.7 Å². The summed E-state index contributed by atoms with van der Waals surface area (Å²) in [5.74, 6) is -1.16. The van der Waals surface area contributed by atoms with Gasteiger partial charge in [-0.2, -0.15) is 0 Å². The minimum absolute atomic E-state index is 0.0116. The average Bonchev–Trinajstić information content (AvgIpc) is 3.46. The van der Waals surface area contributed by atoms with E-state index in [1.165, 1.54) is 28.0 Å². The van der Waals surface area contributed by atoms with Gasteiger partial charge >= 0.3 is 5.91 Å². The summed E-state index contributed by atoms with van der Waals surface area (Å²) in [6, 6.07) is 17.2. The number of nitrogens with zero attached hydrogens (tertiary/aromatic N) is 4. The van der Waals surface area contributed by atoms with E-state index in [9.17, 15) is 14.7 Å². The third-order valence-corrected chi connectivity index (χ3v) is 8.03. The number of aryl methyl sites for hydroxylation is 1. The molecular weight excluding hydrogens is 516 g/mol. The second kappa shape index (κ2) is 10.2. The molecule has 1 aliphatic heterocycles. The highest BCUT2D eigenvalue weighted by Gasteiger charge is 2.48. The number of ketones is 1. The van der Waals surface area contributed by atoms with Gasteiger partial charge in [0, 0.05) is 28.7 Å². The minimum Gasteiger partial charge on any atom is -0.507 e. The summed E-state index contributed by atoms with van der Waals surface area (Å²) in [6.45, 7) is 1.93. The number of carbonyl (C=O) groups excluding carboxylic acids is 2. The fraction of sp³-hybridized carbons (Fsp3) is 0.115. The molecule has 0 radical (unpaired) electrons. The maximum absolute atomic E-state index is 13.2. The molecule has 0 bridgehead atoms. The van der Waals surface area contributed by atoms with Gasteiger partial charge in [0.1, 0.15) is 5.76 Å². The summed E-state index contributed by atoms with van der Waals surface area (Å²) in [7, 11) is 0. The quantitative estimate of drug-likeness (QED) is 0.109. The van der Waals surface area contributed by atoms with Gasteiger partial charge < -0.3 is 5.11 Å². The number of hydrogen-bond acceptors (Lipinski definition) is 8. The normalized spacial score (nSPS) is 17.1. The zero-order valence-electron chi connectivity index (χ0n) is 19.0. The Bertz CT molecular complexity index is 1450. The summed E-state index contributed by atoms with van der Waals surface area (Å²) >= 11 is 8.64. The van der Waals surface area contributed by atoms with Crippen LogP contribution in [0.1, 0.15) is 28.3 Å². The number of pyridine rings is 1. The highest BCUT2D eigenvalue weighted by Crippen LogP contribution is 2.43. The average molecular weight is 535 g/mol. The molecular formula is C26H19ClN4O3S2. The summed E-state index contributed by atoms with van der Waals surface area (Å²) in [6.07, 6.45) is 3.18. The van der Waals surface area contributed by atoms with E-state index >= 15 is 0 Å². The second-order valence-electron chi connectivity index (χ2n) is 8.09. The number of carbonyl (C=O) groups is 2. The topological polar surface area (TPSA) is 96.3 Å². The predicted molar refractivity (Wildman–Crippen MR) is 141 cm³/mol. The third kappa shape index (κ3) is 4.77. The van der Waals surface area contributed by atoms with Crippen LogP contribution in [0.2, 0.25) is 5.02 Å². The number of hydrogen-bond donors (Lipinski definition) is 1. The standard InChI is InChI=1S/C26H19ClN4O3S2/c1-15-4-8-17(9-5-15)22(32)20-21(18-3-2-12-28-13-18)31(24(34)23(20)33)25-29-30-26(36-25)35-14-16-6-10-19(27)11-7-16/h2-13,21,32H,14H2,1H3/b22-20-. The lowest BCUT2D eigenvalue weighted by Crippen LogP contribution is -2.29. The number of halogens is 1. The number of benzene rings is 2. The highest BCUT2D eigenvalue weighted by atomic mass is 35.5. The summed E-state index contributed by atoms with van der Waals surface area (Å²) in [5, 5.41) is 20.5. The van der Waals surface area contributed by atoms with Crippen molar-refractivity contribution in [1.29, 1.82) is 0 Å². The molecule has 1 unspecified atom stereocenters. The molecule has 7 nitrogen and oxygen atoms in total. The van der Waals surface area contributed by atoms with Crippen molar-refractivity contribution in [3.8, 4) is 0 Å². The molecule has 5 rings (SSSR count). The van der Waals surface area contributed by atoms with Crippen molar-refractivity contribution in [2.45, 2.75) is 23.1 Å². The number of Topliss-reactive ketones (excluding diaryl/α,β-unsaturated/α-hetero) is 1. The number of anilines is 1. The van der Waals surface area contributed by atoms with Crippen molar-refractivity contribution in [1.82, 2.24) is 15.2 Å². The summed E-state index contributed by atoms with van der Waals surface area (Å²) in [5.41, 5.74) is 3.09. The molecule has 1 amide bonds. The Morgan fingerprint density at radius 2 is 1.83 bits per heavy atom. The molecule has 1 N–H and O–H groups in total. The van der Waals surface area contributed by atoms with Crippen LogP contribution in [0.5, 0.6) is 0 Å². The van der Waals surface area contributed by atoms with Gasteiger partial charge in [0.05, 0.1) is 11.6 Å². The van der Waals surface area contributed by atoms with E-state index in [2.05, 4.69) is 15.2 Å². The van der Waals surface area contributed by atoms with E-state index in [1.807, 2.05) is 43.3 Å². The van der Waals surface area contributed by atoms with Crippen molar-refractivity contribution < 1.29 is 14.7 Å². The third-order valence-electron chi connectivity index (χ3n) is 5.65. The van der Waals surface area contributed by atoms with Gasteiger partial charge in [0.2, 0.25) is 5.13 Å². The van der Waals surface area contributed by atoms with Gasteiger partial charge in [-0.1, -0.05) is 82.7 Å². The Hall–Kier alpha value is -3.53. The van der Waals surface area contributed by atoms with Crippen LogP contribution in [-0.4, -0.2) is 32.0 Å². The Morgan fingerprint density at radius 3 is 2.53 bits per heavy atom. The van der Waals surface area contributed by atoms with Crippen LogP contribution in [0.4, 0.5) is 5.13 Å². The van der Waals surface area contributed by atoms with E-state index in [0.29, 0.717) is 26.2 Å². The Balaban J connectivity index is 1.51. The molecule has 4 aromatic rings. The first kappa shape index (κ1) is 24.2. The monoisotopic (exact) mass is 534 g/mol. The molecule has 0 aliphatic carbocycles. The molecule has 2 aromatic heterocycles. The van der Waals surface area contributed by atoms with Crippen molar-refractivity contribution in [3.05, 3.63) is 106 Å². The van der Waals surface area contributed by atoms with E-state index in [4.69, 9.17) is 11.6 Å². The minimum atomic E-state index is -0.887. The fourth-order valence-electron chi connectivity index (χ4n) is 3.83. The van der Waals surface area contributed by atoms with Crippen LogP contribution >= 0.6 is 34.7 Å².